The highest BCUT2D eigenvalue weighted by Gasteiger charge is 2.39. The molecule has 0 bridgehead atoms. The van der Waals surface area contributed by atoms with E-state index in [0.29, 0.717) is 6.54 Å². The summed E-state index contributed by atoms with van der Waals surface area (Å²) in [4.78, 5) is 12.2. The van der Waals surface area contributed by atoms with Gasteiger partial charge in [0.15, 0.2) is 0 Å². The SMILES string of the molecule is CC(C)(C)c1ccc(C2(CNC(=O)C(N)CCS(C)(=O)=O)CCC2)cc1. The third-order valence-corrected chi connectivity index (χ3v) is 6.39. The minimum absolute atomic E-state index is 0.0252. The third kappa shape index (κ3) is 5.30. The highest BCUT2D eigenvalue weighted by Crippen LogP contribution is 2.43. The molecule has 26 heavy (non-hydrogen) atoms. The normalized spacial score (nSPS) is 18.0. The number of nitrogens with two attached hydrogens (primary N) is 1. The number of amides is 1. The van der Waals surface area contributed by atoms with Gasteiger partial charge in [-0.2, -0.15) is 0 Å². The van der Waals surface area contributed by atoms with Crippen molar-refractivity contribution in [1.82, 2.24) is 5.32 Å². The summed E-state index contributed by atoms with van der Waals surface area (Å²) >= 11 is 0. The van der Waals surface area contributed by atoms with Crippen molar-refractivity contribution in [3.8, 4) is 0 Å². The molecule has 146 valence electrons. The lowest BCUT2D eigenvalue weighted by molar-refractivity contribution is -0.122. The first-order valence-corrected chi connectivity index (χ1v) is 11.3. The molecule has 0 aromatic heterocycles. The van der Waals surface area contributed by atoms with Crippen LogP contribution in [0.25, 0.3) is 0 Å². The molecule has 3 N–H and O–H groups in total. The van der Waals surface area contributed by atoms with Crippen LogP contribution in [-0.2, 0) is 25.5 Å². The maximum atomic E-state index is 12.2. The zero-order valence-corrected chi connectivity index (χ0v) is 17.2. The predicted molar refractivity (Wildman–Crippen MR) is 106 cm³/mol. The van der Waals surface area contributed by atoms with Gasteiger partial charge in [0, 0.05) is 18.2 Å². The first-order chi connectivity index (χ1) is 11.9. The highest BCUT2D eigenvalue weighted by molar-refractivity contribution is 7.90. The van der Waals surface area contributed by atoms with E-state index >= 15 is 0 Å². The zero-order valence-electron chi connectivity index (χ0n) is 16.3. The first-order valence-electron chi connectivity index (χ1n) is 9.25. The van der Waals surface area contributed by atoms with Crippen LogP contribution in [0.2, 0.25) is 0 Å². The fourth-order valence-electron chi connectivity index (χ4n) is 3.35. The van der Waals surface area contributed by atoms with Gasteiger partial charge >= 0.3 is 0 Å². The second-order valence-electron chi connectivity index (χ2n) is 8.70. The minimum Gasteiger partial charge on any atom is -0.354 e. The van der Waals surface area contributed by atoms with E-state index in [9.17, 15) is 13.2 Å². The maximum absolute atomic E-state index is 12.2. The Morgan fingerprint density at radius 1 is 1.23 bits per heavy atom. The summed E-state index contributed by atoms with van der Waals surface area (Å²) in [6.07, 6.45) is 4.54. The highest BCUT2D eigenvalue weighted by atomic mass is 32.2. The van der Waals surface area contributed by atoms with Gasteiger partial charge in [-0.05, 0) is 35.8 Å². The maximum Gasteiger partial charge on any atom is 0.236 e. The molecule has 1 unspecified atom stereocenters. The van der Waals surface area contributed by atoms with Gasteiger partial charge in [0.05, 0.1) is 11.8 Å². The summed E-state index contributed by atoms with van der Waals surface area (Å²) in [5.41, 5.74) is 8.48. The number of hydrogen-bond acceptors (Lipinski definition) is 4. The largest absolute Gasteiger partial charge is 0.354 e. The molecule has 0 spiro atoms. The second kappa shape index (κ2) is 7.69. The summed E-state index contributed by atoms with van der Waals surface area (Å²) in [7, 11) is -3.11. The third-order valence-electron chi connectivity index (χ3n) is 5.41. The van der Waals surface area contributed by atoms with Crippen LogP contribution in [0.1, 0.15) is 57.6 Å². The smallest absolute Gasteiger partial charge is 0.236 e. The van der Waals surface area contributed by atoms with Gasteiger partial charge in [0.25, 0.3) is 0 Å². The van der Waals surface area contributed by atoms with Gasteiger partial charge in [-0.3, -0.25) is 4.79 Å². The Morgan fingerprint density at radius 3 is 2.23 bits per heavy atom. The summed E-state index contributed by atoms with van der Waals surface area (Å²) < 4.78 is 22.5. The van der Waals surface area contributed by atoms with Crippen LogP contribution < -0.4 is 11.1 Å². The van der Waals surface area contributed by atoms with E-state index in [4.69, 9.17) is 5.73 Å². The lowest BCUT2D eigenvalue weighted by atomic mass is 9.64. The van der Waals surface area contributed by atoms with Crippen LogP contribution in [0.3, 0.4) is 0 Å². The summed E-state index contributed by atoms with van der Waals surface area (Å²) in [6, 6.07) is 7.92. The molecular formula is C20H32N2O3S. The van der Waals surface area contributed by atoms with Gasteiger partial charge in [-0.15, -0.1) is 0 Å². The summed E-state index contributed by atoms with van der Waals surface area (Å²) in [6.45, 7) is 7.13. The van der Waals surface area contributed by atoms with E-state index in [2.05, 4.69) is 50.4 Å². The Kier molecular flexibility index (Phi) is 6.18. The first kappa shape index (κ1) is 20.9. The Hall–Kier alpha value is -1.40. The van der Waals surface area contributed by atoms with Crippen LogP contribution in [0, 0.1) is 0 Å². The van der Waals surface area contributed by atoms with Gasteiger partial charge in [-0.25, -0.2) is 8.42 Å². The lowest BCUT2D eigenvalue weighted by Crippen LogP contribution is -2.50. The fraction of sp³-hybridized carbons (Fsp3) is 0.650. The minimum atomic E-state index is -3.11. The van der Waals surface area contributed by atoms with Crippen LogP contribution >= 0.6 is 0 Å². The van der Waals surface area contributed by atoms with Crippen molar-refractivity contribution in [2.24, 2.45) is 5.73 Å². The standard InChI is InChI=1S/C20H32N2O3S/c1-19(2,3)15-6-8-16(9-7-15)20(11-5-12-20)14-22-18(23)17(21)10-13-26(4,24)25/h6-9,17H,5,10-14,21H2,1-4H3,(H,22,23). The van der Waals surface area contributed by atoms with E-state index in [1.807, 2.05) is 0 Å². The molecule has 1 amide bonds. The van der Waals surface area contributed by atoms with E-state index in [1.54, 1.807) is 0 Å². The van der Waals surface area contributed by atoms with Crippen molar-refractivity contribution in [3.63, 3.8) is 0 Å². The van der Waals surface area contributed by atoms with Gasteiger partial charge in [0.1, 0.15) is 9.84 Å². The number of carbonyl (C=O) groups excluding carboxylic acids is 1. The topological polar surface area (TPSA) is 89.3 Å². The van der Waals surface area contributed by atoms with Crippen LogP contribution in [-0.4, -0.2) is 38.9 Å². The Bertz CT molecular complexity index is 729. The van der Waals surface area contributed by atoms with Crippen molar-refractivity contribution in [3.05, 3.63) is 35.4 Å². The fourth-order valence-corrected chi connectivity index (χ4v) is 4.04. The van der Waals surface area contributed by atoms with Crippen molar-refractivity contribution in [2.45, 2.75) is 63.3 Å². The van der Waals surface area contributed by atoms with Gasteiger partial charge in [-0.1, -0.05) is 51.5 Å². The molecule has 6 heteroatoms. The average Bonchev–Trinajstić information content (AvgIpc) is 2.50. The Balaban J connectivity index is 1.99. The molecule has 0 heterocycles. The van der Waals surface area contributed by atoms with Crippen molar-refractivity contribution < 1.29 is 13.2 Å². The van der Waals surface area contributed by atoms with E-state index < -0.39 is 15.9 Å². The van der Waals surface area contributed by atoms with E-state index in [-0.39, 0.29) is 28.9 Å². The molecule has 0 aliphatic heterocycles. The van der Waals surface area contributed by atoms with Gasteiger partial charge in [0.2, 0.25) is 5.91 Å². The lowest BCUT2D eigenvalue weighted by Gasteiger charge is -2.43. The van der Waals surface area contributed by atoms with Crippen molar-refractivity contribution in [1.29, 1.82) is 0 Å². The molecular weight excluding hydrogens is 348 g/mol. The quantitative estimate of drug-likeness (QED) is 0.759. The van der Waals surface area contributed by atoms with E-state index in [0.717, 1.165) is 25.5 Å². The molecule has 1 aliphatic carbocycles. The molecule has 0 radical (unpaired) electrons. The molecule has 1 aromatic carbocycles. The van der Waals surface area contributed by atoms with Gasteiger partial charge < -0.3 is 11.1 Å². The van der Waals surface area contributed by atoms with Crippen molar-refractivity contribution >= 4 is 15.7 Å². The average molecular weight is 381 g/mol. The van der Waals surface area contributed by atoms with Crippen molar-refractivity contribution in [2.75, 3.05) is 18.6 Å². The number of carbonyl (C=O) groups is 1. The molecule has 1 atom stereocenters. The number of sulfone groups is 1. The monoisotopic (exact) mass is 380 g/mol. The molecule has 2 rings (SSSR count). The number of rotatable bonds is 7. The number of benzene rings is 1. The van der Waals surface area contributed by atoms with Crippen LogP contribution in [0.15, 0.2) is 24.3 Å². The number of hydrogen-bond donors (Lipinski definition) is 2. The number of nitrogens with one attached hydrogen (secondary N) is 1. The predicted octanol–water partition coefficient (Wildman–Crippen LogP) is 2.28. The zero-order chi connectivity index (χ0) is 19.6. The van der Waals surface area contributed by atoms with E-state index in [1.165, 1.54) is 11.1 Å². The molecule has 0 saturated heterocycles. The molecule has 5 nitrogen and oxygen atoms in total. The molecule has 1 aromatic rings. The second-order valence-corrected chi connectivity index (χ2v) is 11.0. The van der Waals surface area contributed by atoms with Crippen LogP contribution in [0.4, 0.5) is 0 Å². The summed E-state index contributed by atoms with van der Waals surface area (Å²) in [5.74, 6) is -0.340. The van der Waals surface area contributed by atoms with Crippen LogP contribution in [0.5, 0.6) is 0 Å². The Labute approximate surface area is 157 Å². The summed E-state index contributed by atoms with van der Waals surface area (Å²) in [5, 5.41) is 2.95. The molecule has 1 fully saturated rings. The molecule has 1 saturated carbocycles. The molecule has 1 aliphatic rings. The Morgan fingerprint density at radius 2 is 1.81 bits per heavy atom.